The number of likely N-dealkylation sites (tertiary alicyclic amines) is 1. The predicted octanol–water partition coefficient (Wildman–Crippen LogP) is 4.27. The third kappa shape index (κ3) is 4.85. The number of aryl methyl sites for hydroxylation is 1. The van der Waals surface area contributed by atoms with Gasteiger partial charge in [-0.25, -0.2) is 4.79 Å². The van der Waals surface area contributed by atoms with E-state index in [9.17, 15) is 4.79 Å². The summed E-state index contributed by atoms with van der Waals surface area (Å²) in [4.78, 5) is 14.9. The Morgan fingerprint density at radius 3 is 2.23 bits per heavy atom. The van der Waals surface area contributed by atoms with Crippen LogP contribution in [0.3, 0.4) is 0 Å². The molecule has 2 N–H and O–H groups in total. The predicted molar refractivity (Wildman–Crippen MR) is 107 cm³/mol. The summed E-state index contributed by atoms with van der Waals surface area (Å²) in [6, 6.07) is 18.5. The van der Waals surface area contributed by atoms with Crippen LogP contribution < -0.4 is 10.6 Å². The topological polar surface area (TPSA) is 44.4 Å². The number of benzene rings is 2. The van der Waals surface area contributed by atoms with Gasteiger partial charge in [-0.1, -0.05) is 61.9 Å². The summed E-state index contributed by atoms with van der Waals surface area (Å²) in [6.45, 7) is 9.45. The largest absolute Gasteiger partial charge is 0.335 e. The molecule has 1 aliphatic rings. The van der Waals surface area contributed by atoms with Crippen LogP contribution in [0.4, 0.5) is 10.5 Å². The lowest BCUT2D eigenvalue weighted by Crippen LogP contribution is -2.55. The molecule has 2 aromatic carbocycles. The zero-order valence-electron chi connectivity index (χ0n) is 15.9. The molecule has 0 bridgehead atoms. The van der Waals surface area contributed by atoms with E-state index < -0.39 is 0 Å². The Morgan fingerprint density at radius 1 is 1.00 bits per heavy atom. The van der Waals surface area contributed by atoms with E-state index in [-0.39, 0.29) is 12.1 Å². The van der Waals surface area contributed by atoms with Crippen molar-refractivity contribution in [2.45, 2.75) is 33.4 Å². The lowest BCUT2D eigenvalue weighted by Gasteiger charge is -2.41. The molecule has 3 rings (SSSR count). The lowest BCUT2D eigenvalue weighted by atomic mass is 9.85. The van der Waals surface area contributed by atoms with Gasteiger partial charge < -0.3 is 10.6 Å². The Labute approximate surface area is 156 Å². The highest BCUT2D eigenvalue weighted by Crippen LogP contribution is 2.24. The normalized spacial score (nSPS) is 21.3. The summed E-state index contributed by atoms with van der Waals surface area (Å²) in [6.07, 6.45) is 0. The fourth-order valence-electron chi connectivity index (χ4n) is 3.89. The number of urea groups is 1. The number of anilines is 1. The van der Waals surface area contributed by atoms with Crippen LogP contribution in [0.5, 0.6) is 0 Å². The van der Waals surface area contributed by atoms with E-state index in [1.165, 1.54) is 11.1 Å². The zero-order chi connectivity index (χ0) is 18.5. The van der Waals surface area contributed by atoms with Crippen LogP contribution in [0.2, 0.25) is 0 Å². The third-order valence-corrected chi connectivity index (χ3v) is 5.17. The number of piperidine rings is 1. The van der Waals surface area contributed by atoms with E-state index in [1.807, 2.05) is 31.2 Å². The maximum Gasteiger partial charge on any atom is 0.319 e. The van der Waals surface area contributed by atoms with Crippen molar-refractivity contribution in [3.8, 4) is 0 Å². The van der Waals surface area contributed by atoms with Crippen molar-refractivity contribution in [2.24, 2.45) is 11.8 Å². The number of carbonyl (C=O) groups is 1. The number of hydrogen-bond acceptors (Lipinski definition) is 2. The molecule has 2 aromatic rings. The molecule has 138 valence electrons. The van der Waals surface area contributed by atoms with Gasteiger partial charge in [0.15, 0.2) is 0 Å². The van der Waals surface area contributed by atoms with Crippen molar-refractivity contribution in [1.29, 1.82) is 0 Å². The highest BCUT2D eigenvalue weighted by molar-refractivity contribution is 5.89. The highest BCUT2D eigenvalue weighted by Gasteiger charge is 2.32. The Morgan fingerprint density at radius 2 is 1.62 bits per heavy atom. The minimum Gasteiger partial charge on any atom is -0.335 e. The quantitative estimate of drug-likeness (QED) is 0.864. The van der Waals surface area contributed by atoms with Gasteiger partial charge >= 0.3 is 6.03 Å². The van der Waals surface area contributed by atoms with Gasteiger partial charge in [0.25, 0.3) is 0 Å². The average molecular weight is 351 g/mol. The van der Waals surface area contributed by atoms with Crippen LogP contribution in [0.15, 0.2) is 54.6 Å². The van der Waals surface area contributed by atoms with Crippen molar-refractivity contribution in [3.63, 3.8) is 0 Å². The van der Waals surface area contributed by atoms with Gasteiger partial charge in [0.1, 0.15) is 0 Å². The van der Waals surface area contributed by atoms with Crippen molar-refractivity contribution in [3.05, 3.63) is 65.7 Å². The molecule has 0 aromatic heterocycles. The molecule has 2 atom stereocenters. The summed E-state index contributed by atoms with van der Waals surface area (Å²) < 4.78 is 0. The first-order valence-electron chi connectivity index (χ1n) is 9.41. The standard InChI is InChI=1S/C22H29N3O/c1-16-9-11-20(12-10-16)23-22(26)24-21-17(2)13-25(14-18(21)3)15-19-7-5-4-6-8-19/h4-12,17-18,21H,13-15H2,1-3H3,(H2,23,24,26)/t17-,18-/m1/s1. The van der Waals surface area contributed by atoms with E-state index in [0.29, 0.717) is 11.8 Å². The second kappa shape index (κ2) is 8.37. The van der Waals surface area contributed by atoms with Crippen molar-refractivity contribution in [1.82, 2.24) is 10.2 Å². The summed E-state index contributed by atoms with van der Waals surface area (Å²) >= 11 is 0. The molecular weight excluding hydrogens is 322 g/mol. The molecule has 0 aliphatic carbocycles. The van der Waals surface area contributed by atoms with E-state index >= 15 is 0 Å². The monoisotopic (exact) mass is 351 g/mol. The summed E-state index contributed by atoms with van der Waals surface area (Å²) in [5, 5.41) is 6.13. The minimum atomic E-state index is -0.117. The molecule has 0 unspecified atom stereocenters. The molecular formula is C22H29N3O. The summed E-state index contributed by atoms with van der Waals surface area (Å²) in [5.41, 5.74) is 3.36. The molecule has 26 heavy (non-hydrogen) atoms. The first-order valence-corrected chi connectivity index (χ1v) is 9.41. The van der Waals surface area contributed by atoms with Crippen LogP contribution in [-0.2, 0) is 6.54 Å². The average Bonchev–Trinajstić information content (AvgIpc) is 2.61. The van der Waals surface area contributed by atoms with Crippen LogP contribution in [0, 0.1) is 18.8 Å². The number of amides is 2. The Balaban J connectivity index is 1.54. The van der Waals surface area contributed by atoms with Crippen LogP contribution in [0.25, 0.3) is 0 Å². The number of carbonyl (C=O) groups excluding carboxylic acids is 1. The minimum absolute atomic E-state index is 0.117. The smallest absolute Gasteiger partial charge is 0.319 e. The molecule has 0 spiro atoms. The van der Waals surface area contributed by atoms with Gasteiger partial charge in [0.2, 0.25) is 0 Å². The third-order valence-electron chi connectivity index (χ3n) is 5.17. The van der Waals surface area contributed by atoms with Gasteiger partial charge in [-0.05, 0) is 36.5 Å². The molecule has 1 saturated heterocycles. The molecule has 4 heteroatoms. The van der Waals surface area contributed by atoms with Crippen molar-refractivity contribution < 1.29 is 4.79 Å². The van der Waals surface area contributed by atoms with Crippen molar-refractivity contribution in [2.75, 3.05) is 18.4 Å². The number of nitrogens with one attached hydrogen (secondary N) is 2. The second-order valence-corrected chi connectivity index (χ2v) is 7.62. The molecule has 4 nitrogen and oxygen atoms in total. The Hall–Kier alpha value is -2.33. The zero-order valence-corrected chi connectivity index (χ0v) is 15.9. The van der Waals surface area contributed by atoms with E-state index in [1.54, 1.807) is 0 Å². The van der Waals surface area contributed by atoms with Gasteiger partial charge in [0.05, 0.1) is 0 Å². The fourth-order valence-corrected chi connectivity index (χ4v) is 3.89. The van der Waals surface area contributed by atoms with Gasteiger partial charge in [0, 0.05) is 31.4 Å². The molecule has 2 amide bonds. The van der Waals surface area contributed by atoms with E-state index in [4.69, 9.17) is 0 Å². The van der Waals surface area contributed by atoms with E-state index in [2.05, 4.69) is 59.7 Å². The van der Waals surface area contributed by atoms with Gasteiger partial charge in [-0.2, -0.15) is 0 Å². The van der Waals surface area contributed by atoms with Crippen LogP contribution in [-0.4, -0.2) is 30.1 Å². The first-order chi connectivity index (χ1) is 12.5. The first kappa shape index (κ1) is 18.5. The van der Waals surface area contributed by atoms with Gasteiger partial charge in [-0.3, -0.25) is 4.90 Å². The Kier molecular flexibility index (Phi) is 5.94. The summed E-state index contributed by atoms with van der Waals surface area (Å²) in [7, 11) is 0. The number of hydrogen-bond donors (Lipinski definition) is 2. The van der Waals surface area contributed by atoms with Gasteiger partial charge in [-0.15, -0.1) is 0 Å². The maximum absolute atomic E-state index is 12.4. The van der Waals surface area contributed by atoms with Crippen LogP contribution in [0.1, 0.15) is 25.0 Å². The lowest BCUT2D eigenvalue weighted by molar-refractivity contribution is 0.0994. The van der Waals surface area contributed by atoms with Crippen LogP contribution >= 0.6 is 0 Å². The molecule has 1 fully saturated rings. The van der Waals surface area contributed by atoms with E-state index in [0.717, 1.165) is 25.3 Å². The maximum atomic E-state index is 12.4. The molecule has 1 aliphatic heterocycles. The fraction of sp³-hybridized carbons (Fsp3) is 0.409. The number of rotatable bonds is 4. The summed E-state index contributed by atoms with van der Waals surface area (Å²) in [5.74, 6) is 0.817. The second-order valence-electron chi connectivity index (χ2n) is 7.62. The Bertz CT molecular complexity index is 702. The van der Waals surface area contributed by atoms with Crippen molar-refractivity contribution >= 4 is 11.7 Å². The highest BCUT2D eigenvalue weighted by atomic mass is 16.2. The molecule has 1 heterocycles. The molecule has 0 radical (unpaired) electrons. The SMILES string of the molecule is Cc1ccc(NC(=O)NC2[C@H](C)CN(Cc3ccccc3)C[C@H]2C)cc1. The molecule has 0 saturated carbocycles. The number of nitrogens with zero attached hydrogens (tertiary/aromatic N) is 1.